The van der Waals surface area contributed by atoms with Crippen molar-refractivity contribution in [3.8, 4) is 0 Å². The maximum atomic E-state index is 12.8. The number of fused-ring (bicyclic) bond motifs is 2. The van der Waals surface area contributed by atoms with E-state index in [1.54, 1.807) is 12.2 Å². The molecule has 2 nitrogen and oxygen atoms in total. The largest absolute Gasteiger partial charge is 0.335 e. The summed E-state index contributed by atoms with van der Waals surface area (Å²) in [5, 5.41) is 0. The molecule has 3 atom stereocenters. The van der Waals surface area contributed by atoms with Gasteiger partial charge in [0.05, 0.1) is 0 Å². The molecule has 1 saturated carbocycles. The summed E-state index contributed by atoms with van der Waals surface area (Å²) in [7, 11) is 0. The molecule has 0 aromatic rings. The molecule has 0 N–H and O–H groups in total. The monoisotopic (exact) mass is 257 g/mol. The summed E-state index contributed by atoms with van der Waals surface area (Å²) in [6.07, 6.45) is 13.0. The van der Waals surface area contributed by atoms with Gasteiger partial charge in [-0.05, 0) is 25.2 Å². The predicted molar refractivity (Wildman–Crippen MR) is 79.6 cm³/mol. The average molecular weight is 257 g/mol. The highest BCUT2D eigenvalue weighted by molar-refractivity contribution is 5.81. The van der Waals surface area contributed by atoms with Crippen molar-refractivity contribution in [1.29, 1.82) is 0 Å². The van der Waals surface area contributed by atoms with E-state index in [1.807, 2.05) is 11.0 Å². The van der Waals surface area contributed by atoms with E-state index in [9.17, 15) is 4.79 Å². The van der Waals surface area contributed by atoms with Crippen LogP contribution in [0.1, 0.15) is 19.3 Å². The highest BCUT2D eigenvalue weighted by Crippen LogP contribution is 2.55. The minimum Gasteiger partial charge on any atom is -0.335 e. The topological polar surface area (TPSA) is 20.3 Å². The fourth-order valence-electron chi connectivity index (χ4n) is 3.61. The molecule has 0 heterocycles. The van der Waals surface area contributed by atoms with E-state index in [1.165, 1.54) is 0 Å². The Hall–Kier alpha value is -1.57. The second kappa shape index (κ2) is 5.60. The van der Waals surface area contributed by atoms with Crippen molar-refractivity contribution in [2.24, 2.45) is 17.3 Å². The zero-order valence-corrected chi connectivity index (χ0v) is 11.6. The van der Waals surface area contributed by atoms with Gasteiger partial charge >= 0.3 is 0 Å². The molecule has 3 unspecified atom stereocenters. The van der Waals surface area contributed by atoms with Gasteiger partial charge in [-0.15, -0.1) is 19.7 Å². The zero-order valence-electron chi connectivity index (χ0n) is 11.6. The maximum absolute atomic E-state index is 12.8. The van der Waals surface area contributed by atoms with Crippen LogP contribution in [0.15, 0.2) is 50.1 Å². The van der Waals surface area contributed by atoms with Crippen LogP contribution in [0.25, 0.3) is 0 Å². The standard InChI is InChI=1S/C17H23NO/c1-4-8-17-9-7-14(13-17)12-15(17)16(19)18(10-5-2)11-6-3/h4-7,9,14-15H,1-3,8,10-13H2. The molecule has 1 fully saturated rings. The lowest BCUT2D eigenvalue weighted by Gasteiger charge is -2.34. The van der Waals surface area contributed by atoms with Gasteiger partial charge in [-0.25, -0.2) is 0 Å². The zero-order chi connectivity index (χ0) is 13.9. The first-order valence-corrected chi connectivity index (χ1v) is 6.97. The number of carbonyl (C=O) groups excluding carboxylic acids is 1. The Morgan fingerprint density at radius 2 is 1.95 bits per heavy atom. The van der Waals surface area contributed by atoms with Crippen molar-refractivity contribution in [2.75, 3.05) is 13.1 Å². The van der Waals surface area contributed by atoms with Crippen LogP contribution in [0.3, 0.4) is 0 Å². The molecule has 1 amide bonds. The van der Waals surface area contributed by atoms with Crippen LogP contribution in [0.4, 0.5) is 0 Å². The van der Waals surface area contributed by atoms with Crippen molar-refractivity contribution in [3.63, 3.8) is 0 Å². The van der Waals surface area contributed by atoms with E-state index in [-0.39, 0.29) is 17.2 Å². The Bertz CT molecular complexity index is 413. The summed E-state index contributed by atoms with van der Waals surface area (Å²) in [5.41, 5.74) is 0.0179. The average Bonchev–Trinajstić information content (AvgIpc) is 2.95. The van der Waals surface area contributed by atoms with Crippen LogP contribution in [0.5, 0.6) is 0 Å². The normalized spacial score (nSPS) is 31.2. The molecule has 2 aliphatic rings. The third-order valence-corrected chi connectivity index (χ3v) is 4.41. The summed E-state index contributed by atoms with van der Waals surface area (Å²) in [5.74, 6) is 0.914. The number of hydrogen-bond donors (Lipinski definition) is 0. The van der Waals surface area contributed by atoms with Gasteiger partial charge in [0, 0.05) is 24.4 Å². The van der Waals surface area contributed by atoms with E-state index < -0.39 is 0 Å². The molecule has 2 aliphatic carbocycles. The first-order valence-electron chi connectivity index (χ1n) is 6.97. The molecule has 2 bridgehead atoms. The lowest BCUT2D eigenvalue weighted by molar-refractivity contribution is -0.137. The number of hydrogen-bond acceptors (Lipinski definition) is 1. The summed E-state index contributed by atoms with van der Waals surface area (Å²) in [6, 6.07) is 0. The minimum atomic E-state index is 0.0179. The maximum Gasteiger partial charge on any atom is 0.227 e. The van der Waals surface area contributed by atoms with Crippen LogP contribution in [0, 0.1) is 17.3 Å². The summed E-state index contributed by atoms with van der Waals surface area (Å²) < 4.78 is 0. The summed E-state index contributed by atoms with van der Waals surface area (Å²) >= 11 is 0. The van der Waals surface area contributed by atoms with Gasteiger partial charge in [-0.1, -0.05) is 30.4 Å². The van der Waals surface area contributed by atoms with E-state index in [0.29, 0.717) is 19.0 Å². The molecular formula is C17H23NO. The van der Waals surface area contributed by atoms with Crippen LogP contribution in [0.2, 0.25) is 0 Å². The highest BCUT2D eigenvalue weighted by atomic mass is 16.2. The summed E-state index contributed by atoms with van der Waals surface area (Å²) in [4.78, 5) is 14.6. The lowest BCUT2D eigenvalue weighted by Crippen LogP contribution is -2.41. The third-order valence-electron chi connectivity index (χ3n) is 4.41. The van der Waals surface area contributed by atoms with E-state index in [4.69, 9.17) is 0 Å². The van der Waals surface area contributed by atoms with Gasteiger partial charge in [-0.2, -0.15) is 0 Å². The number of nitrogens with zero attached hydrogens (tertiary/aromatic N) is 1. The fraction of sp³-hybridized carbons (Fsp3) is 0.471. The molecule has 2 rings (SSSR count). The Morgan fingerprint density at radius 1 is 1.26 bits per heavy atom. The molecule has 0 saturated heterocycles. The highest BCUT2D eigenvalue weighted by Gasteiger charge is 2.51. The van der Waals surface area contributed by atoms with Gasteiger partial charge in [0.15, 0.2) is 0 Å². The molecule has 19 heavy (non-hydrogen) atoms. The Labute approximate surface area is 116 Å². The van der Waals surface area contributed by atoms with Gasteiger partial charge in [0.2, 0.25) is 5.91 Å². The first kappa shape index (κ1) is 13.9. The van der Waals surface area contributed by atoms with Gasteiger partial charge in [0.1, 0.15) is 0 Å². The SMILES string of the molecule is C=CCN(CC=C)C(=O)C1CC2C=CC1(CC=C)C2. The van der Waals surface area contributed by atoms with E-state index >= 15 is 0 Å². The van der Waals surface area contributed by atoms with Crippen molar-refractivity contribution < 1.29 is 4.79 Å². The van der Waals surface area contributed by atoms with Gasteiger partial charge < -0.3 is 4.90 Å². The number of rotatable bonds is 7. The smallest absolute Gasteiger partial charge is 0.227 e. The fourth-order valence-corrected chi connectivity index (χ4v) is 3.61. The first-order chi connectivity index (χ1) is 9.16. The number of amides is 1. The number of allylic oxidation sites excluding steroid dienone is 3. The molecule has 0 aromatic carbocycles. The second-order valence-corrected chi connectivity index (χ2v) is 5.66. The van der Waals surface area contributed by atoms with Gasteiger partial charge in [-0.3, -0.25) is 4.79 Å². The lowest BCUT2D eigenvalue weighted by atomic mass is 9.74. The minimum absolute atomic E-state index is 0.0179. The van der Waals surface area contributed by atoms with Crippen molar-refractivity contribution in [3.05, 3.63) is 50.1 Å². The van der Waals surface area contributed by atoms with Crippen molar-refractivity contribution in [2.45, 2.75) is 19.3 Å². The van der Waals surface area contributed by atoms with Crippen LogP contribution < -0.4 is 0 Å². The van der Waals surface area contributed by atoms with Crippen LogP contribution in [-0.2, 0) is 4.79 Å². The Morgan fingerprint density at radius 3 is 2.47 bits per heavy atom. The molecular weight excluding hydrogens is 234 g/mol. The predicted octanol–water partition coefficient (Wildman–Crippen LogP) is 3.35. The van der Waals surface area contributed by atoms with E-state index in [2.05, 4.69) is 31.9 Å². The molecule has 102 valence electrons. The van der Waals surface area contributed by atoms with E-state index in [0.717, 1.165) is 19.3 Å². The van der Waals surface area contributed by atoms with Gasteiger partial charge in [0.25, 0.3) is 0 Å². The summed E-state index contributed by atoms with van der Waals surface area (Å²) in [6.45, 7) is 12.5. The molecule has 0 aromatic heterocycles. The molecule has 0 radical (unpaired) electrons. The molecule has 0 aliphatic heterocycles. The van der Waals surface area contributed by atoms with Crippen molar-refractivity contribution >= 4 is 5.91 Å². The quantitative estimate of drug-likeness (QED) is 0.641. The van der Waals surface area contributed by atoms with Crippen molar-refractivity contribution in [1.82, 2.24) is 4.90 Å². The molecule has 2 heteroatoms. The Kier molecular flexibility index (Phi) is 4.08. The second-order valence-electron chi connectivity index (χ2n) is 5.66. The third kappa shape index (κ3) is 2.44. The van der Waals surface area contributed by atoms with Crippen LogP contribution >= 0.6 is 0 Å². The van der Waals surface area contributed by atoms with Crippen LogP contribution in [-0.4, -0.2) is 23.9 Å². The Balaban J connectivity index is 2.18. The molecule has 0 spiro atoms. The number of carbonyl (C=O) groups is 1.